The lowest BCUT2D eigenvalue weighted by molar-refractivity contribution is -0.384. The minimum atomic E-state index is -0.745. The number of carbonyl (C=O) groups excluding carboxylic acids is 1. The Morgan fingerprint density at radius 2 is 1.64 bits per heavy atom. The number of hydrogen-bond acceptors (Lipinski definition) is 5. The molecule has 0 heterocycles. The average Bonchev–Trinajstić information content (AvgIpc) is 2.53. The Morgan fingerprint density at radius 3 is 2.18 bits per heavy atom. The predicted molar refractivity (Wildman–Crippen MR) is 80.4 cm³/mol. The van der Waals surface area contributed by atoms with Gasteiger partial charge in [-0.05, 0) is 19.1 Å². The molecule has 0 unspecified atom stereocenters. The van der Waals surface area contributed by atoms with Crippen LogP contribution in [0.25, 0.3) is 0 Å². The zero-order valence-corrected chi connectivity index (χ0v) is 11.7. The van der Waals surface area contributed by atoms with Crippen LogP contribution in [0.15, 0.2) is 53.7 Å². The SMILES string of the molecule is Cc1ccc(/C(N)=N\OC(=O)c2ccc([N+](=O)[O-])cc2)cc1. The van der Waals surface area contributed by atoms with Gasteiger partial charge >= 0.3 is 5.97 Å². The molecule has 0 fully saturated rings. The largest absolute Gasteiger partial charge is 0.380 e. The van der Waals surface area contributed by atoms with E-state index < -0.39 is 10.9 Å². The molecule has 112 valence electrons. The lowest BCUT2D eigenvalue weighted by atomic mass is 10.1. The van der Waals surface area contributed by atoms with Gasteiger partial charge in [-0.25, -0.2) is 4.79 Å². The van der Waals surface area contributed by atoms with Crippen molar-refractivity contribution in [3.8, 4) is 0 Å². The molecule has 7 nitrogen and oxygen atoms in total. The highest BCUT2D eigenvalue weighted by Gasteiger charge is 2.11. The Bertz CT molecular complexity index is 721. The number of amidine groups is 1. The van der Waals surface area contributed by atoms with Crippen LogP contribution in [0.4, 0.5) is 5.69 Å². The summed E-state index contributed by atoms with van der Waals surface area (Å²) in [5.74, 6) is -0.680. The van der Waals surface area contributed by atoms with Gasteiger partial charge in [-0.2, -0.15) is 0 Å². The van der Waals surface area contributed by atoms with Crippen molar-refractivity contribution in [2.24, 2.45) is 10.9 Å². The highest BCUT2D eigenvalue weighted by molar-refractivity contribution is 5.98. The minimum Gasteiger partial charge on any atom is -0.380 e. The summed E-state index contributed by atoms with van der Waals surface area (Å²) in [6.45, 7) is 1.94. The second kappa shape index (κ2) is 6.49. The van der Waals surface area contributed by atoms with Gasteiger partial charge in [0, 0.05) is 17.7 Å². The van der Waals surface area contributed by atoms with Crippen molar-refractivity contribution in [1.82, 2.24) is 0 Å². The monoisotopic (exact) mass is 299 g/mol. The van der Waals surface area contributed by atoms with E-state index in [1.807, 2.05) is 19.1 Å². The van der Waals surface area contributed by atoms with Gasteiger partial charge in [-0.3, -0.25) is 10.1 Å². The Kier molecular flexibility index (Phi) is 4.47. The van der Waals surface area contributed by atoms with Gasteiger partial charge in [0.2, 0.25) is 0 Å². The number of rotatable bonds is 4. The molecule has 0 aliphatic carbocycles. The number of nitrogens with two attached hydrogens (primary N) is 1. The molecule has 0 aliphatic heterocycles. The molecule has 2 rings (SSSR count). The first kappa shape index (κ1) is 15.2. The van der Waals surface area contributed by atoms with Gasteiger partial charge in [0.25, 0.3) is 5.69 Å². The van der Waals surface area contributed by atoms with Crippen molar-refractivity contribution >= 4 is 17.5 Å². The summed E-state index contributed by atoms with van der Waals surface area (Å²) in [4.78, 5) is 26.5. The van der Waals surface area contributed by atoms with Gasteiger partial charge in [0.1, 0.15) is 0 Å². The topological polar surface area (TPSA) is 108 Å². The normalized spacial score (nSPS) is 11.0. The number of nitro groups is 1. The third kappa shape index (κ3) is 3.66. The standard InChI is InChI=1S/C15H13N3O4/c1-10-2-4-11(5-3-10)14(16)17-22-15(19)12-6-8-13(9-7-12)18(20)21/h2-9H,1H3,(H2,16,17). The van der Waals surface area contributed by atoms with E-state index in [1.165, 1.54) is 24.3 Å². The maximum absolute atomic E-state index is 11.8. The molecule has 0 saturated carbocycles. The number of nitro benzene ring substituents is 1. The molecule has 2 aromatic rings. The van der Waals surface area contributed by atoms with Crippen LogP contribution in [0.1, 0.15) is 21.5 Å². The van der Waals surface area contributed by atoms with Gasteiger partial charge < -0.3 is 10.6 Å². The fourth-order valence-electron chi connectivity index (χ4n) is 1.64. The van der Waals surface area contributed by atoms with Gasteiger partial charge in [-0.15, -0.1) is 0 Å². The fourth-order valence-corrected chi connectivity index (χ4v) is 1.64. The smallest absolute Gasteiger partial charge is 0.365 e. The molecule has 2 N–H and O–H groups in total. The van der Waals surface area contributed by atoms with E-state index in [0.717, 1.165) is 5.56 Å². The summed E-state index contributed by atoms with van der Waals surface area (Å²) >= 11 is 0. The van der Waals surface area contributed by atoms with Crippen molar-refractivity contribution in [1.29, 1.82) is 0 Å². The molecule has 2 aromatic carbocycles. The molecule has 0 spiro atoms. The second-order valence-corrected chi connectivity index (χ2v) is 4.53. The van der Waals surface area contributed by atoms with E-state index in [9.17, 15) is 14.9 Å². The molecule has 22 heavy (non-hydrogen) atoms. The minimum absolute atomic E-state index is 0.0651. The number of benzene rings is 2. The number of oxime groups is 1. The summed E-state index contributed by atoms with van der Waals surface area (Å²) < 4.78 is 0. The Morgan fingerprint density at radius 1 is 1.09 bits per heavy atom. The first-order valence-corrected chi connectivity index (χ1v) is 6.33. The van der Waals surface area contributed by atoms with Gasteiger partial charge in [-0.1, -0.05) is 35.0 Å². The van der Waals surface area contributed by atoms with Crippen LogP contribution in [0, 0.1) is 17.0 Å². The van der Waals surface area contributed by atoms with Crippen LogP contribution < -0.4 is 5.73 Å². The summed E-state index contributed by atoms with van der Waals surface area (Å²) in [5.41, 5.74) is 7.45. The summed E-state index contributed by atoms with van der Waals surface area (Å²) in [7, 11) is 0. The van der Waals surface area contributed by atoms with Crippen LogP contribution in [0.5, 0.6) is 0 Å². The van der Waals surface area contributed by atoms with Crippen LogP contribution in [-0.4, -0.2) is 16.7 Å². The fraction of sp³-hybridized carbons (Fsp3) is 0.0667. The van der Waals surface area contributed by atoms with Crippen molar-refractivity contribution in [3.05, 3.63) is 75.3 Å². The number of nitrogens with zero attached hydrogens (tertiary/aromatic N) is 2. The maximum atomic E-state index is 11.8. The van der Waals surface area contributed by atoms with Gasteiger partial charge in [0.15, 0.2) is 5.84 Å². The molecule has 0 aliphatic rings. The van der Waals surface area contributed by atoms with E-state index in [2.05, 4.69) is 5.16 Å². The molecule has 0 aromatic heterocycles. The van der Waals surface area contributed by atoms with Crippen LogP contribution in [0.2, 0.25) is 0 Å². The van der Waals surface area contributed by atoms with Crippen molar-refractivity contribution < 1.29 is 14.6 Å². The summed E-state index contributed by atoms with van der Waals surface area (Å²) in [6.07, 6.45) is 0. The zero-order chi connectivity index (χ0) is 16.1. The molecular formula is C15H13N3O4. The zero-order valence-electron chi connectivity index (χ0n) is 11.7. The van der Waals surface area contributed by atoms with Crippen LogP contribution in [0.3, 0.4) is 0 Å². The lowest BCUT2D eigenvalue weighted by Crippen LogP contribution is -2.15. The molecule has 0 atom stereocenters. The predicted octanol–water partition coefficient (Wildman–Crippen LogP) is 2.38. The van der Waals surface area contributed by atoms with E-state index in [0.29, 0.717) is 5.56 Å². The summed E-state index contributed by atoms with van der Waals surface area (Å²) in [6, 6.07) is 12.2. The quantitative estimate of drug-likeness (QED) is 0.306. The number of carbonyl (C=O) groups is 1. The molecule has 0 radical (unpaired) electrons. The molecule has 0 bridgehead atoms. The number of hydrogen-bond donors (Lipinski definition) is 1. The lowest BCUT2D eigenvalue weighted by Gasteiger charge is -2.02. The van der Waals surface area contributed by atoms with E-state index in [-0.39, 0.29) is 17.1 Å². The Balaban J connectivity index is 2.06. The molecule has 0 amide bonds. The van der Waals surface area contributed by atoms with E-state index >= 15 is 0 Å². The van der Waals surface area contributed by atoms with E-state index in [4.69, 9.17) is 10.6 Å². The first-order valence-electron chi connectivity index (χ1n) is 6.33. The highest BCUT2D eigenvalue weighted by Crippen LogP contribution is 2.13. The third-order valence-electron chi connectivity index (χ3n) is 2.89. The van der Waals surface area contributed by atoms with Crippen LogP contribution in [-0.2, 0) is 4.84 Å². The number of non-ortho nitro benzene ring substituents is 1. The molecular weight excluding hydrogens is 286 g/mol. The second-order valence-electron chi connectivity index (χ2n) is 4.53. The van der Waals surface area contributed by atoms with Crippen molar-refractivity contribution in [3.63, 3.8) is 0 Å². The van der Waals surface area contributed by atoms with E-state index in [1.54, 1.807) is 12.1 Å². The molecule has 0 saturated heterocycles. The third-order valence-corrected chi connectivity index (χ3v) is 2.89. The first-order chi connectivity index (χ1) is 10.5. The summed E-state index contributed by atoms with van der Waals surface area (Å²) in [5, 5.41) is 14.1. The van der Waals surface area contributed by atoms with Crippen molar-refractivity contribution in [2.75, 3.05) is 0 Å². The van der Waals surface area contributed by atoms with Crippen LogP contribution >= 0.6 is 0 Å². The average molecular weight is 299 g/mol. The van der Waals surface area contributed by atoms with Gasteiger partial charge in [0.05, 0.1) is 10.5 Å². The Hall–Kier alpha value is -3.22. The highest BCUT2D eigenvalue weighted by atomic mass is 16.7. The molecule has 7 heteroatoms. The maximum Gasteiger partial charge on any atom is 0.365 e. The van der Waals surface area contributed by atoms with Crippen molar-refractivity contribution in [2.45, 2.75) is 6.92 Å². The number of aryl methyl sites for hydroxylation is 1. The Labute approximate surface area is 126 Å².